The van der Waals surface area contributed by atoms with Gasteiger partial charge in [-0.1, -0.05) is 6.07 Å². The molecule has 0 aliphatic heterocycles. The topological polar surface area (TPSA) is 96.2 Å². The van der Waals surface area contributed by atoms with Gasteiger partial charge >= 0.3 is 0 Å². The minimum Gasteiger partial charge on any atom is -0.358 e. The number of carbonyl (C=O) groups excluding carboxylic acids is 2. The van der Waals surface area contributed by atoms with Crippen molar-refractivity contribution in [3.05, 3.63) is 29.6 Å². The molecule has 0 saturated heterocycles. The molecule has 0 bridgehead atoms. The van der Waals surface area contributed by atoms with Gasteiger partial charge in [0.1, 0.15) is 5.82 Å². The Balaban J connectivity index is 2.82. The molecule has 0 saturated carbocycles. The first kappa shape index (κ1) is 12.9. The Morgan fingerprint density at radius 3 is 2.71 bits per heavy atom. The zero-order chi connectivity index (χ0) is 12.8. The number of hydrogen-bond donors (Lipinski definition) is 4. The Bertz CT molecular complexity index is 436. The van der Waals surface area contributed by atoms with E-state index in [4.69, 9.17) is 5.84 Å². The molecule has 0 aliphatic carbocycles. The summed E-state index contributed by atoms with van der Waals surface area (Å²) in [6.45, 7) is -0.185. The Labute approximate surface area is 97.3 Å². The van der Waals surface area contributed by atoms with Crippen LogP contribution in [0.5, 0.6) is 0 Å². The number of benzene rings is 1. The van der Waals surface area contributed by atoms with Crippen molar-refractivity contribution in [2.45, 2.75) is 0 Å². The fourth-order valence-electron chi connectivity index (χ4n) is 1.20. The summed E-state index contributed by atoms with van der Waals surface area (Å²) in [6, 6.07) is 3.95. The minimum absolute atomic E-state index is 0.0383. The van der Waals surface area contributed by atoms with Gasteiger partial charge in [-0.2, -0.15) is 0 Å². The minimum atomic E-state index is -0.639. The standard InChI is InChI=1S/C10H13FN4O2/c1-13-8(16)5-14-10(17)6-3-2-4-7(11)9(6)15-12/h2-4,15H,5,12H2,1H3,(H,13,16)(H,14,17). The van der Waals surface area contributed by atoms with Crippen LogP contribution in [0, 0.1) is 5.82 Å². The first-order valence-corrected chi connectivity index (χ1v) is 4.84. The number of nitrogen functional groups attached to an aromatic ring is 1. The summed E-state index contributed by atoms with van der Waals surface area (Å²) in [4.78, 5) is 22.6. The zero-order valence-corrected chi connectivity index (χ0v) is 9.21. The average molecular weight is 240 g/mol. The normalized spacial score (nSPS) is 9.59. The number of para-hydroxylation sites is 1. The maximum Gasteiger partial charge on any atom is 0.253 e. The van der Waals surface area contributed by atoms with E-state index in [0.29, 0.717) is 0 Å². The molecule has 2 amide bonds. The summed E-state index contributed by atoms with van der Waals surface area (Å²) in [6.07, 6.45) is 0. The molecular weight excluding hydrogens is 227 g/mol. The molecule has 0 spiro atoms. The molecule has 0 aliphatic rings. The van der Waals surface area contributed by atoms with Gasteiger partial charge in [-0.05, 0) is 12.1 Å². The number of halogens is 1. The second-order valence-corrected chi connectivity index (χ2v) is 3.16. The predicted molar refractivity (Wildman–Crippen MR) is 60.6 cm³/mol. The number of nitrogens with two attached hydrogens (primary N) is 1. The molecule has 0 unspecified atom stereocenters. The molecule has 5 N–H and O–H groups in total. The highest BCUT2D eigenvalue weighted by molar-refractivity contribution is 6.01. The first-order valence-electron chi connectivity index (χ1n) is 4.84. The molecule has 6 nitrogen and oxygen atoms in total. The van der Waals surface area contributed by atoms with Crippen molar-refractivity contribution in [1.29, 1.82) is 0 Å². The number of carbonyl (C=O) groups is 2. The summed E-state index contributed by atoms with van der Waals surface area (Å²) in [5.41, 5.74) is 2.04. The molecule has 7 heteroatoms. The molecule has 0 fully saturated rings. The molecule has 1 rings (SSSR count). The van der Waals surface area contributed by atoms with Crippen LogP contribution in [0.15, 0.2) is 18.2 Å². The third-order valence-electron chi connectivity index (χ3n) is 2.09. The highest BCUT2D eigenvalue weighted by Crippen LogP contribution is 2.18. The van der Waals surface area contributed by atoms with E-state index in [0.717, 1.165) is 0 Å². The van der Waals surface area contributed by atoms with Crippen LogP contribution in [0.25, 0.3) is 0 Å². The molecule has 92 valence electrons. The number of amides is 2. The van der Waals surface area contributed by atoms with Crippen LogP contribution >= 0.6 is 0 Å². The summed E-state index contributed by atoms with van der Waals surface area (Å²) in [5, 5.41) is 4.68. The van der Waals surface area contributed by atoms with Crippen LogP contribution in [-0.4, -0.2) is 25.4 Å². The van der Waals surface area contributed by atoms with E-state index in [2.05, 4.69) is 16.1 Å². The summed E-state index contributed by atoms with van der Waals surface area (Å²) >= 11 is 0. The van der Waals surface area contributed by atoms with Crippen LogP contribution in [0.4, 0.5) is 10.1 Å². The van der Waals surface area contributed by atoms with E-state index in [1.807, 2.05) is 0 Å². The highest BCUT2D eigenvalue weighted by atomic mass is 19.1. The highest BCUT2D eigenvalue weighted by Gasteiger charge is 2.14. The van der Waals surface area contributed by atoms with E-state index in [9.17, 15) is 14.0 Å². The lowest BCUT2D eigenvalue weighted by molar-refractivity contribution is -0.119. The van der Waals surface area contributed by atoms with E-state index in [1.165, 1.54) is 25.2 Å². The maximum atomic E-state index is 13.3. The fourth-order valence-corrected chi connectivity index (χ4v) is 1.20. The van der Waals surface area contributed by atoms with Crippen LogP contribution < -0.4 is 21.9 Å². The van der Waals surface area contributed by atoms with Gasteiger partial charge < -0.3 is 16.1 Å². The van der Waals surface area contributed by atoms with Crippen molar-refractivity contribution in [2.24, 2.45) is 5.84 Å². The van der Waals surface area contributed by atoms with Crippen LogP contribution in [-0.2, 0) is 4.79 Å². The molecule has 17 heavy (non-hydrogen) atoms. The Hall–Kier alpha value is -2.15. The second-order valence-electron chi connectivity index (χ2n) is 3.16. The van der Waals surface area contributed by atoms with Crippen molar-refractivity contribution in [3.63, 3.8) is 0 Å². The number of hydrazine groups is 1. The lowest BCUT2D eigenvalue weighted by Crippen LogP contribution is -2.35. The largest absolute Gasteiger partial charge is 0.358 e. The Morgan fingerprint density at radius 1 is 1.41 bits per heavy atom. The van der Waals surface area contributed by atoms with Crippen LogP contribution in [0.2, 0.25) is 0 Å². The number of hydrogen-bond acceptors (Lipinski definition) is 4. The van der Waals surface area contributed by atoms with Crippen molar-refractivity contribution < 1.29 is 14.0 Å². The monoisotopic (exact) mass is 240 g/mol. The SMILES string of the molecule is CNC(=O)CNC(=O)c1cccc(F)c1NN. The molecule has 1 aromatic rings. The van der Waals surface area contributed by atoms with E-state index >= 15 is 0 Å². The average Bonchev–Trinajstić information content (AvgIpc) is 2.35. The van der Waals surface area contributed by atoms with Gasteiger partial charge in [-0.15, -0.1) is 0 Å². The maximum absolute atomic E-state index is 13.3. The quantitative estimate of drug-likeness (QED) is 0.425. The van der Waals surface area contributed by atoms with Gasteiger partial charge in [0.15, 0.2) is 0 Å². The molecule has 1 aromatic carbocycles. The van der Waals surface area contributed by atoms with E-state index < -0.39 is 11.7 Å². The number of likely N-dealkylation sites (N-methyl/N-ethyl adjacent to an activating group) is 1. The van der Waals surface area contributed by atoms with Gasteiger partial charge in [0.05, 0.1) is 17.8 Å². The fraction of sp³-hybridized carbons (Fsp3) is 0.200. The molecule has 0 atom stereocenters. The Morgan fingerprint density at radius 2 is 2.12 bits per heavy atom. The smallest absolute Gasteiger partial charge is 0.253 e. The first-order chi connectivity index (χ1) is 8.10. The lowest BCUT2D eigenvalue weighted by atomic mass is 10.1. The number of rotatable bonds is 4. The summed E-state index contributed by atoms with van der Waals surface area (Å²) in [5.74, 6) is 3.55. The zero-order valence-electron chi connectivity index (χ0n) is 9.21. The van der Waals surface area contributed by atoms with Gasteiger partial charge in [0, 0.05) is 7.05 Å². The molecule has 0 heterocycles. The molecular formula is C10H13FN4O2. The third kappa shape index (κ3) is 3.15. The number of anilines is 1. The van der Waals surface area contributed by atoms with Crippen molar-refractivity contribution in [3.8, 4) is 0 Å². The van der Waals surface area contributed by atoms with E-state index in [1.54, 1.807) is 0 Å². The van der Waals surface area contributed by atoms with E-state index in [-0.39, 0.29) is 23.7 Å². The van der Waals surface area contributed by atoms with Crippen LogP contribution in [0.1, 0.15) is 10.4 Å². The molecule has 0 aromatic heterocycles. The summed E-state index contributed by atoms with van der Waals surface area (Å²) < 4.78 is 13.3. The number of nitrogens with one attached hydrogen (secondary N) is 3. The van der Waals surface area contributed by atoms with Gasteiger partial charge in [-0.3, -0.25) is 15.4 Å². The van der Waals surface area contributed by atoms with Crippen molar-refractivity contribution >= 4 is 17.5 Å². The Kier molecular flexibility index (Phi) is 4.41. The molecule has 0 radical (unpaired) electrons. The van der Waals surface area contributed by atoms with Gasteiger partial charge in [0.2, 0.25) is 5.91 Å². The van der Waals surface area contributed by atoms with Crippen molar-refractivity contribution in [2.75, 3.05) is 19.0 Å². The third-order valence-corrected chi connectivity index (χ3v) is 2.09. The summed E-state index contributed by atoms with van der Waals surface area (Å²) in [7, 11) is 1.45. The predicted octanol–water partition coefficient (Wildman–Crippen LogP) is -0.413. The lowest BCUT2D eigenvalue weighted by Gasteiger charge is -2.09. The van der Waals surface area contributed by atoms with Crippen LogP contribution in [0.3, 0.4) is 0 Å². The second kappa shape index (κ2) is 5.80. The van der Waals surface area contributed by atoms with Crippen molar-refractivity contribution in [1.82, 2.24) is 10.6 Å². The van der Waals surface area contributed by atoms with Gasteiger partial charge in [-0.25, -0.2) is 4.39 Å². The van der Waals surface area contributed by atoms with Gasteiger partial charge in [0.25, 0.3) is 5.91 Å².